The Kier molecular flexibility index (Phi) is 3.23. The Labute approximate surface area is 84.1 Å². The predicted molar refractivity (Wildman–Crippen MR) is 54.4 cm³/mol. The fraction of sp³-hybridized carbons (Fsp3) is 0.455. The molecule has 0 atom stereocenters. The van der Waals surface area contributed by atoms with E-state index >= 15 is 0 Å². The number of esters is 1. The summed E-state index contributed by atoms with van der Waals surface area (Å²) in [4.78, 5) is 15.8. The van der Waals surface area contributed by atoms with Crippen LogP contribution in [0.25, 0.3) is 0 Å². The lowest BCUT2D eigenvalue weighted by Gasteiger charge is -2.09. The van der Waals surface area contributed by atoms with Gasteiger partial charge in [0, 0.05) is 5.69 Å². The van der Waals surface area contributed by atoms with Crippen molar-refractivity contribution in [3.8, 4) is 0 Å². The molecule has 14 heavy (non-hydrogen) atoms. The van der Waals surface area contributed by atoms with Crippen LogP contribution in [0.4, 0.5) is 0 Å². The van der Waals surface area contributed by atoms with Crippen LogP contribution in [-0.2, 0) is 11.2 Å². The second-order valence-electron chi connectivity index (χ2n) is 3.25. The van der Waals surface area contributed by atoms with Crippen molar-refractivity contribution in [1.29, 1.82) is 0 Å². The molecule has 0 radical (unpaired) electrons. The van der Waals surface area contributed by atoms with E-state index in [-0.39, 0.29) is 5.97 Å². The molecule has 1 heterocycles. The van der Waals surface area contributed by atoms with Crippen LogP contribution in [0.2, 0.25) is 0 Å². The van der Waals surface area contributed by atoms with Crippen molar-refractivity contribution in [3.05, 3.63) is 28.6 Å². The van der Waals surface area contributed by atoms with E-state index in [2.05, 4.69) is 4.98 Å². The third-order valence-electron chi connectivity index (χ3n) is 2.14. The first-order valence-corrected chi connectivity index (χ1v) is 4.65. The van der Waals surface area contributed by atoms with Crippen molar-refractivity contribution in [2.45, 2.75) is 27.2 Å². The molecule has 1 aromatic rings. The van der Waals surface area contributed by atoms with E-state index in [9.17, 15) is 4.79 Å². The summed E-state index contributed by atoms with van der Waals surface area (Å²) in [6, 6.07) is 1.89. The highest BCUT2D eigenvalue weighted by atomic mass is 16.5. The topological polar surface area (TPSA) is 39.2 Å². The predicted octanol–water partition coefficient (Wildman–Crippen LogP) is 2.05. The van der Waals surface area contributed by atoms with Gasteiger partial charge in [-0.25, -0.2) is 4.79 Å². The van der Waals surface area contributed by atoms with Gasteiger partial charge < -0.3 is 4.74 Å². The van der Waals surface area contributed by atoms with Crippen molar-refractivity contribution >= 4 is 5.97 Å². The minimum atomic E-state index is -0.299. The fourth-order valence-electron chi connectivity index (χ4n) is 1.55. The number of carbonyl (C=O) groups excluding carboxylic acids is 1. The molecule has 0 N–H and O–H groups in total. The van der Waals surface area contributed by atoms with Gasteiger partial charge in [0.25, 0.3) is 0 Å². The zero-order valence-corrected chi connectivity index (χ0v) is 9.05. The van der Waals surface area contributed by atoms with Gasteiger partial charge in [0.1, 0.15) is 0 Å². The first-order valence-electron chi connectivity index (χ1n) is 4.65. The lowest BCUT2D eigenvalue weighted by Crippen LogP contribution is -2.10. The van der Waals surface area contributed by atoms with Gasteiger partial charge in [-0.05, 0) is 31.9 Å². The molecule has 0 saturated carbocycles. The molecule has 0 unspecified atom stereocenters. The number of rotatable bonds is 2. The summed E-state index contributed by atoms with van der Waals surface area (Å²) in [5.41, 5.74) is 3.29. The summed E-state index contributed by atoms with van der Waals surface area (Å²) in [6.07, 6.45) is 0.743. The highest BCUT2D eigenvalue weighted by molar-refractivity contribution is 5.92. The zero-order valence-electron chi connectivity index (χ0n) is 9.05. The van der Waals surface area contributed by atoms with Gasteiger partial charge in [0.15, 0.2) is 0 Å². The lowest BCUT2D eigenvalue weighted by molar-refractivity contribution is 0.0598. The van der Waals surface area contributed by atoms with Crippen LogP contribution in [0.5, 0.6) is 0 Å². The Balaban J connectivity index is 3.32. The molecule has 0 spiro atoms. The molecule has 3 heteroatoms. The Hall–Kier alpha value is -1.38. The summed E-state index contributed by atoms with van der Waals surface area (Å²) in [6.45, 7) is 5.81. The van der Waals surface area contributed by atoms with Crippen LogP contribution in [0.1, 0.15) is 34.2 Å². The molecule has 76 valence electrons. The highest BCUT2D eigenvalue weighted by Crippen LogP contribution is 2.15. The van der Waals surface area contributed by atoms with Crippen molar-refractivity contribution in [1.82, 2.24) is 4.98 Å². The van der Waals surface area contributed by atoms with Gasteiger partial charge in [0.05, 0.1) is 18.4 Å². The Bertz CT molecular complexity index is 359. The van der Waals surface area contributed by atoms with E-state index < -0.39 is 0 Å². The number of methoxy groups -OCH3 is 1. The van der Waals surface area contributed by atoms with Crippen LogP contribution in [-0.4, -0.2) is 18.1 Å². The van der Waals surface area contributed by atoms with E-state index in [1.54, 1.807) is 0 Å². The van der Waals surface area contributed by atoms with Crippen LogP contribution < -0.4 is 0 Å². The maximum Gasteiger partial charge on any atom is 0.339 e. The van der Waals surface area contributed by atoms with Crippen molar-refractivity contribution in [2.75, 3.05) is 7.11 Å². The molecular formula is C11H15NO2. The van der Waals surface area contributed by atoms with Crippen LogP contribution in [0, 0.1) is 13.8 Å². The van der Waals surface area contributed by atoms with E-state index in [1.165, 1.54) is 7.11 Å². The molecule has 0 aromatic carbocycles. The highest BCUT2D eigenvalue weighted by Gasteiger charge is 2.15. The first kappa shape index (κ1) is 10.7. The summed E-state index contributed by atoms with van der Waals surface area (Å²) in [5.74, 6) is -0.299. The minimum Gasteiger partial charge on any atom is -0.465 e. The van der Waals surface area contributed by atoms with E-state index in [0.717, 1.165) is 23.4 Å². The third-order valence-corrected chi connectivity index (χ3v) is 2.14. The average molecular weight is 193 g/mol. The van der Waals surface area contributed by atoms with Gasteiger partial charge in [-0.3, -0.25) is 4.98 Å². The number of nitrogens with zero attached hydrogens (tertiary/aromatic N) is 1. The molecule has 3 nitrogen and oxygen atoms in total. The molecule has 1 aromatic heterocycles. The summed E-state index contributed by atoms with van der Waals surface area (Å²) in [7, 11) is 1.39. The molecule has 0 saturated heterocycles. The molecule has 0 aliphatic heterocycles. The Morgan fingerprint density at radius 1 is 1.50 bits per heavy atom. The van der Waals surface area contributed by atoms with Gasteiger partial charge in [-0.15, -0.1) is 0 Å². The van der Waals surface area contributed by atoms with Crippen LogP contribution in [0.3, 0.4) is 0 Å². The van der Waals surface area contributed by atoms with E-state index in [4.69, 9.17) is 4.74 Å². The molecule has 0 aliphatic rings. The first-order chi connectivity index (χ1) is 6.60. The number of pyridine rings is 1. The average Bonchev–Trinajstić information content (AvgIpc) is 2.15. The van der Waals surface area contributed by atoms with Crippen molar-refractivity contribution in [3.63, 3.8) is 0 Å². The molecule has 1 rings (SSSR count). The quantitative estimate of drug-likeness (QED) is 0.675. The van der Waals surface area contributed by atoms with Crippen LogP contribution >= 0.6 is 0 Å². The second kappa shape index (κ2) is 4.22. The Morgan fingerprint density at radius 2 is 2.14 bits per heavy atom. The Morgan fingerprint density at radius 3 is 2.64 bits per heavy atom. The number of hydrogen-bond acceptors (Lipinski definition) is 3. The molecule has 0 bridgehead atoms. The SMILES string of the molecule is CCc1nc(C)cc(C)c1C(=O)OC. The lowest BCUT2D eigenvalue weighted by atomic mass is 10.0. The summed E-state index contributed by atoms with van der Waals surface area (Å²) < 4.78 is 4.72. The van der Waals surface area contributed by atoms with Crippen molar-refractivity contribution < 1.29 is 9.53 Å². The molecular weight excluding hydrogens is 178 g/mol. The summed E-state index contributed by atoms with van der Waals surface area (Å²) in [5, 5.41) is 0. The fourth-order valence-corrected chi connectivity index (χ4v) is 1.55. The van der Waals surface area contributed by atoms with Gasteiger partial charge in [-0.2, -0.15) is 0 Å². The number of ether oxygens (including phenoxy) is 1. The van der Waals surface area contributed by atoms with Gasteiger partial charge >= 0.3 is 5.97 Å². The number of aryl methyl sites for hydroxylation is 3. The third kappa shape index (κ3) is 1.92. The van der Waals surface area contributed by atoms with E-state index in [0.29, 0.717) is 5.56 Å². The maximum atomic E-state index is 11.5. The largest absolute Gasteiger partial charge is 0.465 e. The smallest absolute Gasteiger partial charge is 0.339 e. The number of carbonyl (C=O) groups is 1. The molecule has 0 amide bonds. The zero-order chi connectivity index (χ0) is 10.7. The normalized spacial score (nSPS) is 10.0. The molecule has 0 fully saturated rings. The minimum absolute atomic E-state index is 0.299. The summed E-state index contributed by atoms with van der Waals surface area (Å²) >= 11 is 0. The van der Waals surface area contributed by atoms with Crippen LogP contribution in [0.15, 0.2) is 6.07 Å². The maximum absolute atomic E-state index is 11.5. The molecule has 0 aliphatic carbocycles. The van der Waals surface area contributed by atoms with Gasteiger partial charge in [-0.1, -0.05) is 6.92 Å². The second-order valence-corrected chi connectivity index (χ2v) is 3.25. The number of aromatic nitrogens is 1. The monoisotopic (exact) mass is 193 g/mol. The van der Waals surface area contributed by atoms with Crippen molar-refractivity contribution in [2.24, 2.45) is 0 Å². The number of hydrogen-bond donors (Lipinski definition) is 0. The van der Waals surface area contributed by atoms with Gasteiger partial charge in [0.2, 0.25) is 0 Å². The standard InChI is InChI=1S/C11H15NO2/c1-5-9-10(11(13)14-4)7(2)6-8(3)12-9/h6H,5H2,1-4H3. The van der Waals surface area contributed by atoms with E-state index in [1.807, 2.05) is 26.8 Å².